The van der Waals surface area contributed by atoms with Gasteiger partial charge in [0.25, 0.3) is 0 Å². The quantitative estimate of drug-likeness (QED) is 0.827. The van der Waals surface area contributed by atoms with Crippen LogP contribution in [0, 0.1) is 20.8 Å². The Bertz CT molecular complexity index is 866. The fraction of sp³-hybridized carbons (Fsp3) is 0.478. The summed E-state index contributed by atoms with van der Waals surface area (Å²) >= 11 is 0. The number of ether oxygens (including phenoxy) is 1. The summed E-state index contributed by atoms with van der Waals surface area (Å²) in [4.78, 5) is 21.6. The molecule has 0 atom stereocenters. The number of hydrogen-bond acceptors (Lipinski definition) is 4. The highest BCUT2D eigenvalue weighted by Crippen LogP contribution is 2.29. The van der Waals surface area contributed by atoms with Gasteiger partial charge in [0.1, 0.15) is 5.69 Å². The first-order valence-corrected chi connectivity index (χ1v) is 10.2. The van der Waals surface area contributed by atoms with Crippen molar-refractivity contribution in [2.24, 2.45) is 0 Å². The lowest BCUT2D eigenvalue weighted by Crippen LogP contribution is -2.50. The van der Waals surface area contributed by atoms with Crippen LogP contribution in [0.15, 0.2) is 24.3 Å². The van der Waals surface area contributed by atoms with Crippen molar-refractivity contribution < 1.29 is 9.53 Å². The first-order valence-electron chi connectivity index (χ1n) is 10.2. The number of hydrogen-bond donors (Lipinski definition) is 1. The van der Waals surface area contributed by atoms with Crippen LogP contribution in [0.4, 0.5) is 16.2 Å². The van der Waals surface area contributed by atoms with Gasteiger partial charge in [-0.2, -0.15) is 0 Å². The number of carbonyl (C=O) groups is 1. The Morgan fingerprint density at radius 2 is 1.66 bits per heavy atom. The van der Waals surface area contributed by atoms with Gasteiger partial charge in [-0.3, -0.25) is 0 Å². The molecule has 6 nitrogen and oxygen atoms in total. The first kappa shape index (κ1) is 21.0. The fourth-order valence-corrected chi connectivity index (χ4v) is 3.92. The highest BCUT2D eigenvalue weighted by molar-refractivity contribution is 5.91. The van der Waals surface area contributed by atoms with E-state index in [1.54, 1.807) is 7.11 Å². The van der Waals surface area contributed by atoms with Crippen LogP contribution in [0.2, 0.25) is 0 Å². The molecule has 1 aliphatic heterocycles. The molecular weight excluding hydrogens is 364 g/mol. The van der Waals surface area contributed by atoms with Crippen molar-refractivity contribution >= 4 is 17.4 Å². The highest BCUT2D eigenvalue weighted by Gasteiger charge is 2.23. The maximum absolute atomic E-state index is 12.9. The van der Waals surface area contributed by atoms with Gasteiger partial charge >= 0.3 is 6.03 Å². The Kier molecular flexibility index (Phi) is 6.30. The zero-order valence-corrected chi connectivity index (χ0v) is 18.4. The van der Waals surface area contributed by atoms with E-state index in [1.807, 2.05) is 17.9 Å². The van der Waals surface area contributed by atoms with Gasteiger partial charge in [0.15, 0.2) is 0 Å². The first-order chi connectivity index (χ1) is 13.8. The van der Waals surface area contributed by atoms with Crippen molar-refractivity contribution in [2.45, 2.75) is 40.5 Å². The molecule has 29 heavy (non-hydrogen) atoms. The summed E-state index contributed by atoms with van der Waals surface area (Å²) in [5.74, 6) is 0.777. The van der Waals surface area contributed by atoms with E-state index < -0.39 is 0 Å². The molecule has 0 spiro atoms. The van der Waals surface area contributed by atoms with Gasteiger partial charge in [-0.25, -0.2) is 9.78 Å². The zero-order chi connectivity index (χ0) is 21.1. The Morgan fingerprint density at radius 3 is 2.21 bits per heavy atom. The number of amides is 2. The number of methoxy groups -OCH3 is 1. The summed E-state index contributed by atoms with van der Waals surface area (Å²) in [7, 11) is 1.58. The number of urea groups is 1. The molecule has 3 rings (SSSR count). The minimum absolute atomic E-state index is 0.108. The average Bonchev–Trinajstić information content (AvgIpc) is 2.68. The standard InChI is InChI=1S/C23H32N4O2/c1-15(2)20-14-21(22(29-6)24-18(20)5)25-23(28)27-9-7-26(8-10-27)19-12-16(3)11-17(4)13-19/h11-15H,7-10H2,1-6H3,(H,25,28). The Morgan fingerprint density at radius 1 is 1.03 bits per heavy atom. The lowest BCUT2D eigenvalue weighted by molar-refractivity contribution is 0.208. The largest absolute Gasteiger partial charge is 0.480 e. The van der Waals surface area contributed by atoms with Gasteiger partial charge in [0.2, 0.25) is 5.88 Å². The van der Waals surface area contributed by atoms with Crippen molar-refractivity contribution in [3.63, 3.8) is 0 Å². The molecular formula is C23H32N4O2. The zero-order valence-electron chi connectivity index (χ0n) is 18.4. The van der Waals surface area contributed by atoms with Gasteiger partial charge in [-0.15, -0.1) is 0 Å². The second-order valence-corrected chi connectivity index (χ2v) is 8.12. The van der Waals surface area contributed by atoms with E-state index in [1.165, 1.54) is 16.8 Å². The number of piperazine rings is 1. The summed E-state index contributed by atoms with van der Waals surface area (Å²) in [6, 6.07) is 8.47. The summed E-state index contributed by atoms with van der Waals surface area (Å²) in [6.45, 7) is 13.4. The number of rotatable bonds is 4. The number of aryl methyl sites for hydroxylation is 3. The SMILES string of the molecule is COc1nc(C)c(C(C)C)cc1NC(=O)N1CCN(c2cc(C)cc(C)c2)CC1. The molecule has 1 aromatic heterocycles. The molecule has 0 saturated carbocycles. The number of anilines is 2. The number of benzene rings is 1. The third kappa shape index (κ3) is 4.81. The second-order valence-electron chi connectivity index (χ2n) is 8.12. The molecule has 0 aliphatic carbocycles. The topological polar surface area (TPSA) is 57.7 Å². The predicted molar refractivity (Wildman–Crippen MR) is 118 cm³/mol. The van der Waals surface area contributed by atoms with Crippen LogP contribution < -0.4 is 15.0 Å². The van der Waals surface area contributed by atoms with Crippen molar-refractivity contribution in [1.82, 2.24) is 9.88 Å². The van der Waals surface area contributed by atoms with Gasteiger partial charge in [-0.05, 0) is 61.6 Å². The normalized spacial score (nSPS) is 14.3. The molecule has 2 amide bonds. The number of aromatic nitrogens is 1. The van der Waals surface area contributed by atoms with Crippen LogP contribution in [-0.2, 0) is 0 Å². The number of nitrogens with zero attached hydrogens (tertiary/aromatic N) is 3. The predicted octanol–water partition coefficient (Wildman–Crippen LogP) is 4.49. The summed E-state index contributed by atoms with van der Waals surface area (Å²) in [5.41, 5.74) is 6.43. The van der Waals surface area contributed by atoms with Crippen LogP contribution in [0.5, 0.6) is 5.88 Å². The minimum Gasteiger partial charge on any atom is -0.480 e. The van der Waals surface area contributed by atoms with Crippen molar-refractivity contribution in [1.29, 1.82) is 0 Å². The molecule has 1 fully saturated rings. The molecule has 1 N–H and O–H groups in total. The summed E-state index contributed by atoms with van der Waals surface area (Å²) < 4.78 is 5.39. The van der Waals surface area contributed by atoms with Crippen molar-refractivity contribution in [2.75, 3.05) is 43.5 Å². The van der Waals surface area contributed by atoms with E-state index in [-0.39, 0.29) is 6.03 Å². The molecule has 2 heterocycles. The molecule has 1 saturated heterocycles. The lowest BCUT2D eigenvalue weighted by Gasteiger charge is -2.36. The van der Waals surface area contributed by atoms with Crippen molar-refractivity contribution in [3.05, 3.63) is 46.6 Å². The van der Waals surface area contributed by atoms with E-state index >= 15 is 0 Å². The van der Waals surface area contributed by atoms with E-state index in [2.05, 4.69) is 61.1 Å². The maximum Gasteiger partial charge on any atom is 0.322 e. The molecule has 156 valence electrons. The van der Waals surface area contributed by atoms with Crippen LogP contribution >= 0.6 is 0 Å². The minimum atomic E-state index is -0.108. The number of carbonyl (C=O) groups excluding carboxylic acids is 1. The van der Waals surface area contributed by atoms with E-state index in [0.717, 1.165) is 24.3 Å². The molecule has 1 aromatic carbocycles. The average molecular weight is 397 g/mol. The third-order valence-corrected chi connectivity index (χ3v) is 5.41. The highest BCUT2D eigenvalue weighted by atomic mass is 16.5. The van der Waals surface area contributed by atoms with Crippen LogP contribution in [0.3, 0.4) is 0 Å². The molecule has 2 aromatic rings. The van der Waals surface area contributed by atoms with E-state index in [0.29, 0.717) is 30.6 Å². The van der Waals surface area contributed by atoms with Crippen LogP contribution in [-0.4, -0.2) is 49.2 Å². The number of pyridine rings is 1. The number of nitrogens with one attached hydrogen (secondary N) is 1. The second kappa shape index (κ2) is 8.72. The van der Waals surface area contributed by atoms with E-state index in [9.17, 15) is 4.79 Å². The Labute approximate surface area is 173 Å². The monoisotopic (exact) mass is 396 g/mol. The van der Waals surface area contributed by atoms with Gasteiger partial charge in [0.05, 0.1) is 7.11 Å². The molecule has 0 bridgehead atoms. The van der Waals surface area contributed by atoms with Gasteiger partial charge in [-0.1, -0.05) is 19.9 Å². The van der Waals surface area contributed by atoms with Crippen LogP contribution in [0.1, 0.15) is 42.1 Å². The smallest absolute Gasteiger partial charge is 0.322 e. The van der Waals surface area contributed by atoms with Gasteiger partial charge < -0.3 is 19.9 Å². The molecule has 6 heteroatoms. The third-order valence-electron chi connectivity index (χ3n) is 5.41. The summed E-state index contributed by atoms with van der Waals surface area (Å²) in [5, 5.41) is 3.01. The Hall–Kier alpha value is -2.76. The molecule has 1 aliphatic rings. The van der Waals surface area contributed by atoms with E-state index in [4.69, 9.17) is 4.74 Å². The fourth-order valence-electron chi connectivity index (χ4n) is 3.92. The van der Waals surface area contributed by atoms with Gasteiger partial charge in [0, 0.05) is 37.6 Å². The maximum atomic E-state index is 12.9. The molecule has 0 radical (unpaired) electrons. The molecule has 0 unspecified atom stereocenters. The lowest BCUT2D eigenvalue weighted by atomic mass is 10.0. The Balaban J connectivity index is 1.68. The van der Waals surface area contributed by atoms with Crippen LogP contribution in [0.25, 0.3) is 0 Å². The summed E-state index contributed by atoms with van der Waals surface area (Å²) in [6.07, 6.45) is 0. The van der Waals surface area contributed by atoms with Crippen molar-refractivity contribution in [3.8, 4) is 5.88 Å².